The molecule has 7 N–H and O–H groups in total. The van der Waals surface area contributed by atoms with Gasteiger partial charge in [0.2, 0.25) is 5.65 Å². The molecule has 1 saturated heterocycles. The number of ether oxygens (including phenoxy) is 1. The fraction of sp³-hybridized carbons (Fsp3) is 0.389. The molecule has 0 spiro atoms. The van der Waals surface area contributed by atoms with Gasteiger partial charge in [0, 0.05) is 0 Å². The van der Waals surface area contributed by atoms with E-state index >= 15 is 0 Å². The zero-order chi connectivity index (χ0) is 25.2. The van der Waals surface area contributed by atoms with Crippen LogP contribution in [0, 0.1) is 17.2 Å². The lowest BCUT2D eigenvalue weighted by molar-refractivity contribution is -2.00. The number of imidazole rings is 1. The van der Waals surface area contributed by atoms with E-state index in [9.17, 15) is 15.3 Å². The van der Waals surface area contributed by atoms with Crippen molar-refractivity contribution in [2.75, 3.05) is 18.1 Å². The maximum atomic E-state index is 10.3. The first-order valence-electron chi connectivity index (χ1n) is 9.67. The number of aromatic nitrogens is 4. The van der Waals surface area contributed by atoms with Crippen LogP contribution in [-0.4, -0.2) is 54.8 Å². The van der Waals surface area contributed by atoms with Gasteiger partial charge in [-0.1, -0.05) is 34.8 Å². The predicted molar refractivity (Wildman–Crippen MR) is 101 cm³/mol. The second-order valence-corrected chi connectivity index (χ2v) is 8.10. The molecule has 3 heterocycles. The summed E-state index contributed by atoms with van der Waals surface area (Å²) < 4.78 is 42.1. The number of nitrogens with zero attached hydrogens (tertiary/aromatic N) is 4. The average Bonchev–Trinajstić information content (AvgIpc) is 3.28. The molecule has 0 amide bonds. The number of hydrogen-bond acceptors (Lipinski definition) is 13. The quantitative estimate of drug-likeness (QED) is 0.203. The molecule has 0 saturated carbocycles. The van der Waals surface area contributed by atoms with E-state index in [-0.39, 0.29) is 24.0 Å². The molecule has 2 aromatic heterocycles. The van der Waals surface area contributed by atoms with Crippen LogP contribution in [0.3, 0.4) is 0 Å². The van der Waals surface area contributed by atoms with Crippen LogP contribution in [0.5, 0.6) is 0 Å². The summed E-state index contributed by atoms with van der Waals surface area (Å²) in [6, 6.07) is 7.81. The Morgan fingerprint density at radius 3 is 2.47 bits per heavy atom. The normalized spacial score (nSPS) is 22.5. The number of anilines is 2. The van der Waals surface area contributed by atoms with Crippen molar-refractivity contribution in [3.63, 3.8) is 0 Å². The smallest absolute Gasteiger partial charge is 0.383 e. The first kappa shape index (κ1) is 25.8. The van der Waals surface area contributed by atoms with Gasteiger partial charge in [0.05, 0.1) is 6.61 Å². The van der Waals surface area contributed by atoms with Gasteiger partial charge in [-0.25, -0.2) is 23.6 Å². The third-order valence-corrected chi connectivity index (χ3v) is 4.89. The van der Waals surface area contributed by atoms with Crippen LogP contribution in [0.2, 0.25) is 0 Å². The maximum absolute atomic E-state index is 10.3. The largest absolute Gasteiger partial charge is 0.394 e. The zero-order valence-electron chi connectivity index (χ0n) is 17.7. The molecule has 1 aliphatic rings. The average molecular weight is 503 g/mol. The third-order valence-electron chi connectivity index (χ3n) is 4.89. The van der Waals surface area contributed by atoms with Crippen LogP contribution in [0.4, 0.5) is 11.8 Å². The maximum Gasteiger partial charge on any atom is 0.383 e. The Morgan fingerprint density at radius 1 is 1.21 bits per heavy atom. The first-order valence-corrected chi connectivity index (χ1v) is 10.9. The van der Waals surface area contributed by atoms with Gasteiger partial charge in [0.25, 0.3) is 5.82 Å². The molecule has 34 heavy (non-hydrogen) atoms. The number of fused-ring (bicyclic) bond motifs is 1. The van der Waals surface area contributed by atoms with Crippen molar-refractivity contribution in [3.05, 3.63) is 41.7 Å². The summed E-state index contributed by atoms with van der Waals surface area (Å²) in [4.78, 5) is 14.2. The molecule has 4 rings (SSSR count). The Balaban J connectivity index is 0.000000588. The summed E-state index contributed by atoms with van der Waals surface area (Å²) in [5, 5.41) is 29.5. The second-order valence-electron chi connectivity index (χ2n) is 7.34. The molecule has 4 atom stereocenters. The van der Waals surface area contributed by atoms with Gasteiger partial charge in [-0.05, 0) is 17.2 Å². The van der Waals surface area contributed by atoms with Crippen LogP contribution in [0.15, 0.2) is 30.6 Å². The number of aliphatic hydroxyl groups excluding tert-OH is 3. The summed E-state index contributed by atoms with van der Waals surface area (Å²) in [7, 11) is -4.94. The van der Waals surface area contributed by atoms with Crippen molar-refractivity contribution >= 4 is 22.9 Å². The van der Waals surface area contributed by atoms with E-state index in [1.165, 1.54) is 15.6 Å². The van der Waals surface area contributed by atoms with Crippen LogP contribution < -0.4 is 39.7 Å². The summed E-state index contributed by atoms with van der Waals surface area (Å²) in [5.74, 6) is 0.113. The van der Waals surface area contributed by atoms with Crippen molar-refractivity contribution in [3.8, 4) is 0 Å². The van der Waals surface area contributed by atoms with Gasteiger partial charge in [-0.15, -0.1) is 10.2 Å². The molecule has 16 heteroatoms. The minimum atomic E-state index is -4.94. The van der Waals surface area contributed by atoms with E-state index < -0.39 is 41.4 Å². The lowest BCUT2D eigenvalue weighted by Gasteiger charge is -2.17. The lowest BCUT2D eigenvalue weighted by Crippen LogP contribution is -2.68. The standard InChI is InChI=1S/C18H22N6O5.ClHO4/c1-9-3-2-4-10(5-9)7-28-24-15(19)12-16(22-18(24)20)23(8-21-12)17-14(27)13(26)11(6-25)29-17;2-1(3,4)5/h2-5,8,11,13-14,17,25-27H,6-7H2,1H3,(H3,19,20,22);(H,2,3,4,5)/t11-,13-,14-,17-;/m1./s1. The molecule has 15 nitrogen and oxygen atoms in total. The number of benzene rings is 1. The molecule has 0 bridgehead atoms. The predicted octanol–water partition coefficient (Wildman–Crippen LogP) is -6.32. The summed E-state index contributed by atoms with van der Waals surface area (Å²) >= 11 is 0. The summed E-state index contributed by atoms with van der Waals surface area (Å²) in [6.07, 6.45) is -3.07. The van der Waals surface area contributed by atoms with Crippen LogP contribution in [0.1, 0.15) is 17.4 Å². The molecule has 186 valence electrons. The number of aryl methyl sites for hydroxylation is 1. The molecular formula is C18H23ClN6O9. The molecule has 1 fully saturated rings. The Labute approximate surface area is 194 Å². The van der Waals surface area contributed by atoms with Crippen molar-refractivity contribution in [1.29, 1.82) is 0 Å². The Bertz CT molecular complexity index is 1140. The molecule has 0 aliphatic carbocycles. The zero-order valence-corrected chi connectivity index (χ0v) is 18.5. The molecule has 3 aromatic rings. The number of nitrogen functional groups attached to an aromatic ring is 2. The van der Waals surface area contributed by atoms with Crippen molar-refractivity contribution in [2.24, 2.45) is 0 Å². The van der Waals surface area contributed by atoms with E-state index in [4.69, 9.17) is 39.7 Å². The van der Waals surface area contributed by atoms with Crippen molar-refractivity contribution in [1.82, 2.24) is 14.5 Å². The highest BCUT2D eigenvalue weighted by Crippen LogP contribution is 2.31. The summed E-state index contributed by atoms with van der Waals surface area (Å²) in [5.41, 5.74) is 14.8. The van der Waals surface area contributed by atoms with Crippen LogP contribution >= 0.6 is 0 Å². The highest BCUT2D eigenvalue weighted by Gasteiger charge is 2.44. The SMILES string of the molecule is Cc1cccc(CO[n+]2c(N)nc3c(ncn3[C@@H]3O[C@H](CO)[C@@H](O)[C@H]3O)c2N)c1.[O-][Cl+3]([O-])([O-])[O-]. The number of aliphatic hydroxyl groups is 3. The fourth-order valence-electron chi connectivity index (χ4n) is 3.39. The Hall–Kier alpha value is -2.86. The van der Waals surface area contributed by atoms with Crippen LogP contribution in [-0.2, 0) is 11.3 Å². The van der Waals surface area contributed by atoms with Gasteiger partial charge in [0.15, 0.2) is 18.4 Å². The molecular weight excluding hydrogens is 480 g/mol. The van der Waals surface area contributed by atoms with Crippen LogP contribution in [0.25, 0.3) is 11.2 Å². The van der Waals surface area contributed by atoms with Crippen molar-refractivity contribution in [2.45, 2.75) is 38.1 Å². The first-order chi connectivity index (χ1) is 15.9. The van der Waals surface area contributed by atoms with E-state index in [1.54, 1.807) is 0 Å². The van der Waals surface area contributed by atoms with Gasteiger partial charge in [-0.2, -0.15) is 0 Å². The fourth-order valence-corrected chi connectivity index (χ4v) is 3.39. The number of halogens is 1. The number of rotatable bonds is 5. The van der Waals surface area contributed by atoms with Gasteiger partial charge in [-0.3, -0.25) is 4.57 Å². The second kappa shape index (κ2) is 10.2. The third kappa shape index (κ3) is 5.79. The van der Waals surface area contributed by atoms with E-state index in [1.807, 2.05) is 31.2 Å². The number of nitrogens with two attached hydrogens (primary N) is 2. The Morgan fingerprint density at radius 2 is 1.88 bits per heavy atom. The molecule has 0 unspecified atom stereocenters. The Kier molecular flexibility index (Phi) is 7.71. The van der Waals surface area contributed by atoms with E-state index in [0.717, 1.165) is 11.1 Å². The van der Waals surface area contributed by atoms with E-state index in [0.29, 0.717) is 5.52 Å². The molecule has 1 aliphatic heterocycles. The lowest BCUT2D eigenvalue weighted by atomic mass is 10.1. The number of hydrogen-bond donors (Lipinski definition) is 5. The van der Waals surface area contributed by atoms with Crippen molar-refractivity contribution < 1.29 is 58.5 Å². The monoisotopic (exact) mass is 502 g/mol. The highest BCUT2D eigenvalue weighted by atomic mass is 35.7. The molecule has 1 aromatic carbocycles. The summed E-state index contributed by atoms with van der Waals surface area (Å²) in [6.45, 7) is 1.77. The van der Waals surface area contributed by atoms with Gasteiger partial charge >= 0.3 is 5.95 Å². The molecule has 0 radical (unpaired) electrons. The van der Waals surface area contributed by atoms with Gasteiger partial charge < -0.3 is 36.4 Å². The van der Waals surface area contributed by atoms with E-state index in [2.05, 4.69) is 9.97 Å². The minimum Gasteiger partial charge on any atom is -0.394 e. The topological polar surface area (TPSA) is 258 Å². The highest BCUT2D eigenvalue weighted by molar-refractivity contribution is 5.80. The minimum absolute atomic E-state index is 0.0175. The van der Waals surface area contributed by atoms with Gasteiger partial charge in [0.1, 0.15) is 24.6 Å².